The van der Waals surface area contributed by atoms with Crippen LogP contribution < -0.4 is 10.6 Å². The van der Waals surface area contributed by atoms with Gasteiger partial charge in [0.2, 0.25) is 0 Å². The van der Waals surface area contributed by atoms with Crippen LogP contribution >= 0.6 is 0 Å². The Balaban J connectivity index is 2.37. The number of rotatable bonds is 6. The first-order valence-electron chi connectivity index (χ1n) is 8.89. The van der Waals surface area contributed by atoms with Crippen molar-refractivity contribution in [2.24, 2.45) is 17.8 Å². The molecule has 0 aliphatic heterocycles. The third-order valence-electron chi connectivity index (χ3n) is 4.60. The van der Waals surface area contributed by atoms with Crippen LogP contribution in [0.2, 0.25) is 0 Å². The normalized spacial score (nSPS) is 24.1. The Morgan fingerprint density at radius 3 is 2.36 bits per heavy atom. The minimum atomic E-state index is -0.437. The van der Waals surface area contributed by atoms with Gasteiger partial charge in [0.15, 0.2) is 0 Å². The Hall–Kier alpha value is -0.770. The van der Waals surface area contributed by atoms with Crippen molar-refractivity contribution in [3.8, 4) is 0 Å². The zero-order chi connectivity index (χ0) is 16.8. The molecular weight excluding hydrogens is 276 g/mol. The van der Waals surface area contributed by atoms with Crippen molar-refractivity contribution in [3.05, 3.63) is 0 Å². The fourth-order valence-electron chi connectivity index (χ4n) is 2.99. The maximum Gasteiger partial charge on any atom is 0.407 e. The van der Waals surface area contributed by atoms with Gasteiger partial charge in [0.25, 0.3) is 0 Å². The molecule has 0 radical (unpaired) electrons. The Morgan fingerprint density at radius 2 is 1.82 bits per heavy atom. The molecule has 1 saturated carbocycles. The van der Waals surface area contributed by atoms with Crippen molar-refractivity contribution in [3.63, 3.8) is 0 Å². The molecule has 0 bridgehead atoms. The van der Waals surface area contributed by atoms with E-state index in [9.17, 15) is 4.79 Å². The lowest BCUT2D eigenvalue weighted by atomic mass is 9.85. The molecule has 0 aromatic carbocycles. The second-order valence-electron chi connectivity index (χ2n) is 8.16. The summed E-state index contributed by atoms with van der Waals surface area (Å²) in [6.45, 7) is 14.1. The maximum atomic E-state index is 11.8. The molecule has 1 rings (SSSR count). The molecule has 3 unspecified atom stereocenters. The van der Waals surface area contributed by atoms with Crippen LogP contribution in [0.5, 0.6) is 0 Å². The van der Waals surface area contributed by atoms with Crippen LogP contribution in [0.3, 0.4) is 0 Å². The van der Waals surface area contributed by atoms with E-state index in [2.05, 4.69) is 31.4 Å². The van der Waals surface area contributed by atoms with E-state index < -0.39 is 5.60 Å². The Kier molecular flexibility index (Phi) is 7.67. The zero-order valence-corrected chi connectivity index (χ0v) is 15.4. The van der Waals surface area contributed by atoms with Crippen molar-refractivity contribution >= 4 is 6.09 Å². The van der Waals surface area contributed by atoms with Gasteiger partial charge in [0.05, 0.1) is 0 Å². The lowest BCUT2D eigenvalue weighted by Gasteiger charge is -2.32. The second-order valence-corrected chi connectivity index (χ2v) is 8.16. The van der Waals surface area contributed by atoms with Gasteiger partial charge in [0, 0.05) is 19.1 Å². The fourth-order valence-corrected chi connectivity index (χ4v) is 2.99. The summed E-state index contributed by atoms with van der Waals surface area (Å²) in [6, 6.07) is 0.636. The Morgan fingerprint density at radius 1 is 1.18 bits per heavy atom. The highest BCUT2D eigenvalue weighted by Crippen LogP contribution is 2.24. The Bertz CT molecular complexity index is 336. The third-order valence-corrected chi connectivity index (χ3v) is 4.60. The van der Waals surface area contributed by atoms with Crippen LogP contribution in [0.4, 0.5) is 4.79 Å². The van der Waals surface area contributed by atoms with E-state index in [0.29, 0.717) is 24.4 Å². The third kappa shape index (κ3) is 7.48. The van der Waals surface area contributed by atoms with E-state index in [4.69, 9.17) is 4.74 Å². The van der Waals surface area contributed by atoms with Crippen molar-refractivity contribution in [1.29, 1.82) is 0 Å². The molecule has 4 heteroatoms. The molecule has 0 aromatic heterocycles. The minimum absolute atomic E-state index is 0.316. The van der Waals surface area contributed by atoms with Crippen LogP contribution in [0.25, 0.3) is 0 Å². The highest BCUT2D eigenvalue weighted by atomic mass is 16.6. The van der Waals surface area contributed by atoms with E-state index in [1.54, 1.807) is 0 Å². The van der Waals surface area contributed by atoms with Gasteiger partial charge in [-0.05, 0) is 51.4 Å². The summed E-state index contributed by atoms with van der Waals surface area (Å²) in [5.74, 6) is 1.73. The van der Waals surface area contributed by atoms with Gasteiger partial charge < -0.3 is 15.4 Å². The molecule has 1 fully saturated rings. The summed E-state index contributed by atoms with van der Waals surface area (Å²) < 4.78 is 5.31. The maximum absolute atomic E-state index is 11.8. The van der Waals surface area contributed by atoms with E-state index in [1.165, 1.54) is 25.7 Å². The summed E-state index contributed by atoms with van der Waals surface area (Å²) >= 11 is 0. The minimum Gasteiger partial charge on any atom is -0.444 e. The lowest BCUT2D eigenvalue weighted by Crippen LogP contribution is -2.44. The van der Waals surface area contributed by atoms with Crippen LogP contribution in [-0.4, -0.2) is 30.8 Å². The Labute approximate surface area is 136 Å². The molecule has 1 aliphatic carbocycles. The molecule has 4 nitrogen and oxygen atoms in total. The van der Waals surface area contributed by atoms with Gasteiger partial charge in [0.1, 0.15) is 5.60 Å². The SMILES string of the molecule is CC(C)C(CNC(=O)OC(C)(C)C)CNC1CCCCC1C. The van der Waals surface area contributed by atoms with E-state index in [0.717, 1.165) is 12.5 Å². The number of ether oxygens (including phenoxy) is 1. The van der Waals surface area contributed by atoms with Crippen molar-refractivity contribution in [2.45, 2.75) is 78.9 Å². The number of carbonyl (C=O) groups excluding carboxylic acids is 1. The average Bonchev–Trinajstić information content (AvgIpc) is 2.38. The summed E-state index contributed by atoms with van der Waals surface area (Å²) in [5, 5.41) is 6.65. The number of hydrogen-bond acceptors (Lipinski definition) is 3. The lowest BCUT2D eigenvalue weighted by molar-refractivity contribution is 0.0514. The highest BCUT2D eigenvalue weighted by Gasteiger charge is 2.23. The van der Waals surface area contributed by atoms with Crippen LogP contribution in [-0.2, 0) is 4.74 Å². The highest BCUT2D eigenvalue weighted by molar-refractivity contribution is 5.67. The summed E-state index contributed by atoms with van der Waals surface area (Å²) in [6.07, 6.45) is 5.01. The number of amides is 1. The number of alkyl carbamates (subject to hydrolysis) is 1. The van der Waals surface area contributed by atoms with Crippen molar-refractivity contribution < 1.29 is 9.53 Å². The number of carbonyl (C=O) groups is 1. The van der Waals surface area contributed by atoms with Gasteiger partial charge in [-0.3, -0.25) is 0 Å². The molecule has 1 aliphatic rings. The zero-order valence-electron chi connectivity index (χ0n) is 15.4. The van der Waals surface area contributed by atoms with Crippen LogP contribution in [0.1, 0.15) is 67.2 Å². The van der Waals surface area contributed by atoms with Crippen molar-refractivity contribution in [2.75, 3.05) is 13.1 Å². The molecule has 0 spiro atoms. The fraction of sp³-hybridized carbons (Fsp3) is 0.944. The van der Waals surface area contributed by atoms with Crippen LogP contribution in [0, 0.1) is 17.8 Å². The number of hydrogen-bond donors (Lipinski definition) is 2. The molecule has 0 saturated heterocycles. The monoisotopic (exact) mass is 312 g/mol. The van der Waals surface area contributed by atoms with Gasteiger partial charge >= 0.3 is 6.09 Å². The molecule has 0 heterocycles. The molecule has 3 atom stereocenters. The van der Waals surface area contributed by atoms with E-state index in [-0.39, 0.29) is 6.09 Å². The van der Waals surface area contributed by atoms with Crippen LogP contribution in [0.15, 0.2) is 0 Å². The van der Waals surface area contributed by atoms with Crippen molar-refractivity contribution in [1.82, 2.24) is 10.6 Å². The quantitative estimate of drug-likeness (QED) is 0.780. The first-order chi connectivity index (χ1) is 10.2. The molecular formula is C18H36N2O2. The van der Waals surface area contributed by atoms with Gasteiger partial charge in [-0.1, -0.05) is 33.6 Å². The molecule has 22 heavy (non-hydrogen) atoms. The molecule has 2 N–H and O–H groups in total. The summed E-state index contributed by atoms with van der Waals surface area (Å²) in [7, 11) is 0. The van der Waals surface area contributed by atoms with E-state index in [1.807, 2.05) is 20.8 Å². The number of nitrogens with one attached hydrogen (secondary N) is 2. The first-order valence-corrected chi connectivity index (χ1v) is 8.89. The smallest absolute Gasteiger partial charge is 0.407 e. The summed E-state index contributed by atoms with van der Waals surface area (Å²) in [5.41, 5.74) is -0.437. The van der Waals surface area contributed by atoms with Gasteiger partial charge in [-0.15, -0.1) is 0 Å². The van der Waals surface area contributed by atoms with Gasteiger partial charge in [-0.2, -0.15) is 0 Å². The predicted octanol–water partition coefficient (Wildman–Crippen LogP) is 3.95. The first kappa shape index (κ1) is 19.3. The second kappa shape index (κ2) is 8.76. The molecule has 1 amide bonds. The topological polar surface area (TPSA) is 50.4 Å². The van der Waals surface area contributed by atoms with Gasteiger partial charge in [-0.25, -0.2) is 4.79 Å². The molecule has 0 aromatic rings. The molecule has 130 valence electrons. The largest absolute Gasteiger partial charge is 0.444 e. The van der Waals surface area contributed by atoms with E-state index >= 15 is 0 Å². The standard InChI is InChI=1S/C18H36N2O2/c1-13(2)15(12-20-17(21)22-18(4,5)6)11-19-16-10-8-7-9-14(16)3/h13-16,19H,7-12H2,1-6H3,(H,20,21). The average molecular weight is 312 g/mol. The summed E-state index contributed by atoms with van der Waals surface area (Å²) in [4.78, 5) is 11.8. The predicted molar refractivity (Wildman–Crippen MR) is 92.0 cm³/mol.